The van der Waals surface area contributed by atoms with Crippen molar-refractivity contribution in [3.05, 3.63) is 30.2 Å². The van der Waals surface area contributed by atoms with E-state index in [1.807, 2.05) is 12.1 Å². The molecule has 1 aromatic carbocycles. The minimum absolute atomic E-state index is 0.0943. The summed E-state index contributed by atoms with van der Waals surface area (Å²) in [7, 11) is 0. The normalized spacial score (nSPS) is 10.1. The van der Waals surface area contributed by atoms with Gasteiger partial charge in [0.1, 0.15) is 0 Å². The molecule has 5 heteroatoms. The number of aryl methyl sites for hydroxylation is 1. The van der Waals surface area contributed by atoms with Gasteiger partial charge in [-0.3, -0.25) is 4.79 Å². The van der Waals surface area contributed by atoms with Crippen LogP contribution in [0.2, 0.25) is 0 Å². The first kappa shape index (κ1) is 10.4. The van der Waals surface area contributed by atoms with Gasteiger partial charge in [0, 0.05) is 25.1 Å². The Morgan fingerprint density at radius 3 is 2.50 bits per heavy atom. The van der Waals surface area contributed by atoms with E-state index in [0.717, 1.165) is 11.3 Å². The second-order valence-electron chi connectivity index (χ2n) is 3.40. The fourth-order valence-corrected chi connectivity index (χ4v) is 1.32. The van der Waals surface area contributed by atoms with E-state index in [0.29, 0.717) is 11.7 Å². The molecule has 82 valence electrons. The first-order valence-electron chi connectivity index (χ1n) is 4.83. The molecule has 0 bridgehead atoms. The summed E-state index contributed by atoms with van der Waals surface area (Å²) in [6.07, 6.45) is 0. The smallest absolute Gasteiger partial charge is 0.223 e. The molecular formula is C11H11N3O2. The summed E-state index contributed by atoms with van der Waals surface area (Å²) in [4.78, 5) is 14.9. The van der Waals surface area contributed by atoms with Crippen molar-refractivity contribution in [3.8, 4) is 11.4 Å². The second kappa shape index (κ2) is 4.14. The zero-order valence-corrected chi connectivity index (χ0v) is 9.02. The first-order valence-corrected chi connectivity index (χ1v) is 4.83. The molecule has 5 nitrogen and oxygen atoms in total. The molecule has 0 aliphatic heterocycles. The Hall–Kier alpha value is -2.17. The third kappa shape index (κ3) is 2.25. The molecule has 2 aromatic rings. The molecule has 2 rings (SSSR count). The van der Waals surface area contributed by atoms with Crippen LogP contribution in [0.4, 0.5) is 5.69 Å². The molecule has 0 saturated carbocycles. The van der Waals surface area contributed by atoms with Gasteiger partial charge in [-0.05, 0) is 24.3 Å². The highest BCUT2D eigenvalue weighted by Gasteiger charge is 2.05. The molecule has 0 aliphatic rings. The lowest BCUT2D eigenvalue weighted by atomic mass is 10.2. The summed E-state index contributed by atoms with van der Waals surface area (Å²) in [5.41, 5.74) is 1.60. The van der Waals surface area contributed by atoms with Crippen LogP contribution >= 0.6 is 0 Å². The van der Waals surface area contributed by atoms with Crippen LogP contribution in [0.1, 0.15) is 12.8 Å². The molecule has 1 N–H and O–H groups in total. The average molecular weight is 217 g/mol. The van der Waals surface area contributed by atoms with Gasteiger partial charge >= 0.3 is 0 Å². The number of carbonyl (C=O) groups is 1. The second-order valence-corrected chi connectivity index (χ2v) is 3.40. The SMILES string of the molecule is CC(=O)Nc1ccc(-c2noc(C)n2)cc1. The molecule has 0 saturated heterocycles. The zero-order valence-electron chi connectivity index (χ0n) is 9.02. The Labute approximate surface area is 92.5 Å². The van der Waals surface area contributed by atoms with E-state index < -0.39 is 0 Å². The van der Waals surface area contributed by atoms with Gasteiger partial charge in [0.2, 0.25) is 17.6 Å². The van der Waals surface area contributed by atoms with Crippen LogP contribution in [0, 0.1) is 6.92 Å². The third-order valence-electron chi connectivity index (χ3n) is 1.99. The number of amides is 1. The van der Waals surface area contributed by atoms with E-state index in [2.05, 4.69) is 15.5 Å². The topological polar surface area (TPSA) is 68.0 Å². The van der Waals surface area contributed by atoms with Crippen molar-refractivity contribution < 1.29 is 9.32 Å². The van der Waals surface area contributed by atoms with Gasteiger partial charge in [-0.15, -0.1) is 0 Å². The van der Waals surface area contributed by atoms with E-state index in [9.17, 15) is 4.79 Å². The maximum Gasteiger partial charge on any atom is 0.223 e. The van der Waals surface area contributed by atoms with Crippen LogP contribution in [-0.2, 0) is 4.79 Å². The largest absolute Gasteiger partial charge is 0.339 e. The molecule has 16 heavy (non-hydrogen) atoms. The van der Waals surface area contributed by atoms with Crippen LogP contribution in [0.15, 0.2) is 28.8 Å². The number of hydrogen-bond acceptors (Lipinski definition) is 4. The minimum Gasteiger partial charge on any atom is -0.339 e. The Balaban J connectivity index is 2.22. The Morgan fingerprint density at radius 2 is 2.00 bits per heavy atom. The van der Waals surface area contributed by atoms with Gasteiger partial charge in [0.25, 0.3) is 0 Å². The number of anilines is 1. The number of benzene rings is 1. The van der Waals surface area contributed by atoms with E-state index in [-0.39, 0.29) is 5.91 Å². The molecular weight excluding hydrogens is 206 g/mol. The van der Waals surface area contributed by atoms with Crippen molar-refractivity contribution in [2.75, 3.05) is 5.32 Å². The van der Waals surface area contributed by atoms with Gasteiger partial charge in [-0.25, -0.2) is 0 Å². The van der Waals surface area contributed by atoms with Gasteiger partial charge in [0.05, 0.1) is 0 Å². The summed E-state index contributed by atoms with van der Waals surface area (Å²) in [6.45, 7) is 3.21. The van der Waals surface area contributed by atoms with E-state index in [4.69, 9.17) is 4.52 Å². The van der Waals surface area contributed by atoms with Gasteiger partial charge in [0.15, 0.2) is 0 Å². The summed E-state index contributed by atoms with van der Waals surface area (Å²) in [5.74, 6) is 0.982. The third-order valence-corrected chi connectivity index (χ3v) is 1.99. The molecule has 0 atom stereocenters. The Morgan fingerprint density at radius 1 is 1.31 bits per heavy atom. The number of rotatable bonds is 2. The molecule has 0 unspecified atom stereocenters. The van der Waals surface area contributed by atoms with E-state index in [1.54, 1.807) is 19.1 Å². The molecule has 0 fully saturated rings. The van der Waals surface area contributed by atoms with Crippen molar-refractivity contribution >= 4 is 11.6 Å². The molecule has 0 radical (unpaired) electrons. The van der Waals surface area contributed by atoms with Gasteiger partial charge in [-0.2, -0.15) is 4.98 Å². The summed E-state index contributed by atoms with van der Waals surface area (Å²) < 4.78 is 4.88. The predicted molar refractivity (Wildman–Crippen MR) is 58.8 cm³/mol. The molecule has 0 spiro atoms. The molecule has 1 amide bonds. The number of hydrogen-bond donors (Lipinski definition) is 1. The van der Waals surface area contributed by atoms with Crippen molar-refractivity contribution in [2.24, 2.45) is 0 Å². The Kier molecular flexibility index (Phi) is 2.68. The predicted octanol–water partition coefficient (Wildman–Crippen LogP) is 2.00. The number of nitrogens with one attached hydrogen (secondary N) is 1. The van der Waals surface area contributed by atoms with E-state index in [1.165, 1.54) is 6.92 Å². The molecule has 1 aromatic heterocycles. The van der Waals surface area contributed by atoms with E-state index >= 15 is 0 Å². The van der Waals surface area contributed by atoms with Crippen molar-refractivity contribution in [1.82, 2.24) is 10.1 Å². The lowest BCUT2D eigenvalue weighted by Gasteiger charge is -2.01. The lowest BCUT2D eigenvalue weighted by Crippen LogP contribution is -2.05. The molecule has 0 aliphatic carbocycles. The Bertz CT molecular complexity index is 502. The lowest BCUT2D eigenvalue weighted by molar-refractivity contribution is -0.114. The number of nitrogens with zero attached hydrogens (tertiary/aromatic N) is 2. The van der Waals surface area contributed by atoms with Gasteiger partial charge in [-0.1, -0.05) is 5.16 Å². The summed E-state index contributed by atoms with van der Waals surface area (Å²) >= 11 is 0. The van der Waals surface area contributed by atoms with Crippen molar-refractivity contribution in [2.45, 2.75) is 13.8 Å². The minimum atomic E-state index is -0.0943. The highest BCUT2D eigenvalue weighted by atomic mass is 16.5. The summed E-state index contributed by atoms with van der Waals surface area (Å²) in [5, 5.41) is 6.49. The number of carbonyl (C=O) groups excluding carboxylic acids is 1. The fourth-order valence-electron chi connectivity index (χ4n) is 1.32. The van der Waals surface area contributed by atoms with Crippen LogP contribution < -0.4 is 5.32 Å². The first-order chi connectivity index (χ1) is 7.65. The number of aromatic nitrogens is 2. The standard InChI is InChI=1S/C11H11N3O2/c1-7(15)12-10-5-3-9(4-6-10)11-13-8(2)16-14-11/h3-6H,1-2H3,(H,12,15). The average Bonchev–Trinajstić information content (AvgIpc) is 2.65. The van der Waals surface area contributed by atoms with Crippen LogP contribution in [0.5, 0.6) is 0 Å². The highest BCUT2D eigenvalue weighted by molar-refractivity contribution is 5.88. The van der Waals surface area contributed by atoms with Gasteiger partial charge < -0.3 is 9.84 Å². The van der Waals surface area contributed by atoms with Crippen LogP contribution in [0.3, 0.4) is 0 Å². The fraction of sp³-hybridized carbons (Fsp3) is 0.182. The highest BCUT2D eigenvalue weighted by Crippen LogP contribution is 2.18. The van der Waals surface area contributed by atoms with Crippen LogP contribution in [-0.4, -0.2) is 16.0 Å². The quantitative estimate of drug-likeness (QED) is 0.835. The molecule has 1 heterocycles. The maximum absolute atomic E-state index is 10.8. The maximum atomic E-state index is 10.8. The van der Waals surface area contributed by atoms with Crippen LogP contribution in [0.25, 0.3) is 11.4 Å². The van der Waals surface area contributed by atoms with Crippen molar-refractivity contribution in [1.29, 1.82) is 0 Å². The zero-order chi connectivity index (χ0) is 11.5. The summed E-state index contributed by atoms with van der Waals surface area (Å²) in [6, 6.07) is 7.25. The van der Waals surface area contributed by atoms with Crippen molar-refractivity contribution in [3.63, 3.8) is 0 Å². The monoisotopic (exact) mass is 217 g/mol.